The number of carbonyl (C=O) groups excluding carboxylic acids is 3. The van der Waals surface area contributed by atoms with Crippen molar-refractivity contribution in [1.29, 1.82) is 0 Å². The van der Waals surface area contributed by atoms with E-state index in [1.807, 2.05) is 21.7 Å². The third-order valence-corrected chi connectivity index (χ3v) is 5.19. The van der Waals surface area contributed by atoms with Crippen molar-refractivity contribution < 1.29 is 14.4 Å². The Morgan fingerprint density at radius 1 is 0.926 bits per heavy atom. The Bertz CT molecular complexity index is 805. The number of nitrogens with zero attached hydrogens (tertiary/aromatic N) is 2. The number of thiophene rings is 1. The van der Waals surface area contributed by atoms with Gasteiger partial charge in [0.25, 0.3) is 11.8 Å². The van der Waals surface area contributed by atoms with E-state index in [4.69, 9.17) is 5.73 Å². The first-order valence-corrected chi connectivity index (χ1v) is 9.72. The lowest BCUT2D eigenvalue weighted by Crippen LogP contribution is -2.37. The zero-order valence-corrected chi connectivity index (χ0v) is 15.7. The molecule has 0 saturated carbocycles. The first kappa shape index (κ1) is 18.9. The number of urea groups is 1. The van der Waals surface area contributed by atoms with Crippen molar-refractivity contribution in [2.24, 2.45) is 5.73 Å². The molecule has 3 N–H and O–H groups in total. The van der Waals surface area contributed by atoms with Gasteiger partial charge in [-0.15, -0.1) is 0 Å². The first-order chi connectivity index (χ1) is 13.0. The Morgan fingerprint density at radius 2 is 1.56 bits per heavy atom. The molecule has 1 fully saturated rings. The highest BCUT2D eigenvalue weighted by Crippen LogP contribution is 2.14. The number of primary amides is 1. The average Bonchev–Trinajstić information content (AvgIpc) is 3.10. The summed E-state index contributed by atoms with van der Waals surface area (Å²) in [6.45, 7) is 2.64. The Balaban J connectivity index is 1.59. The van der Waals surface area contributed by atoms with Gasteiger partial charge in [-0.25, -0.2) is 4.79 Å². The highest BCUT2D eigenvalue weighted by molar-refractivity contribution is 7.08. The fraction of sp³-hybridized carbons (Fsp3) is 0.316. The van der Waals surface area contributed by atoms with Gasteiger partial charge in [0.2, 0.25) is 0 Å². The molecule has 1 aromatic carbocycles. The normalized spacial score (nSPS) is 14.5. The van der Waals surface area contributed by atoms with E-state index in [2.05, 4.69) is 5.32 Å². The summed E-state index contributed by atoms with van der Waals surface area (Å²) in [6.07, 6.45) is 0.752. The van der Waals surface area contributed by atoms with Crippen LogP contribution in [0.25, 0.3) is 0 Å². The van der Waals surface area contributed by atoms with E-state index in [9.17, 15) is 14.4 Å². The molecule has 2 heterocycles. The molecule has 1 aliphatic heterocycles. The predicted molar refractivity (Wildman–Crippen MR) is 104 cm³/mol. The van der Waals surface area contributed by atoms with E-state index in [0.717, 1.165) is 12.0 Å². The number of benzene rings is 1. The van der Waals surface area contributed by atoms with Crippen molar-refractivity contribution in [2.45, 2.75) is 13.0 Å². The monoisotopic (exact) mass is 386 g/mol. The molecule has 2 aromatic rings. The standard InChI is InChI=1S/C19H22N4O3S/c20-19(26)21-12-14-2-4-15(5-3-14)17(24)22-7-1-8-23(10-9-22)18(25)16-6-11-27-13-16/h2-6,11,13H,1,7-10,12H2,(H3,20,21,26). The van der Waals surface area contributed by atoms with Crippen molar-refractivity contribution in [2.75, 3.05) is 26.2 Å². The summed E-state index contributed by atoms with van der Waals surface area (Å²) < 4.78 is 0. The minimum atomic E-state index is -0.582. The summed E-state index contributed by atoms with van der Waals surface area (Å²) >= 11 is 1.50. The van der Waals surface area contributed by atoms with Crippen LogP contribution in [0.2, 0.25) is 0 Å². The minimum absolute atomic E-state index is 0.0249. The van der Waals surface area contributed by atoms with Crippen molar-refractivity contribution in [3.8, 4) is 0 Å². The van der Waals surface area contributed by atoms with Crippen LogP contribution in [0.4, 0.5) is 4.79 Å². The topological polar surface area (TPSA) is 95.7 Å². The minimum Gasteiger partial charge on any atom is -0.352 e. The lowest BCUT2D eigenvalue weighted by atomic mass is 10.1. The first-order valence-electron chi connectivity index (χ1n) is 8.77. The van der Waals surface area contributed by atoms with E-state index in [1.54, 1.807) is 29.2 Å². The molecule has 0 bridgehead atoms. The largest absolute Gasteiger partial charge is 0.352 e. The predicted octanol–water partition coefficient (Wildman–Crippen LogP) is 1.90. The van der Waals surface area contributed by atoms with E-state index in [0.29, 0.717) is 43.9 Å². The highest BCUT2D eigenvalue weighted by atomic mass is 32.1. The number of nitrogens with two attached hydrogens (primary N) is 1. The van der Waals surface area contributed by atoms with Crippen LogP contribution in [-0.2, 0) is 6.54 Å². The molecule has 4 amide bonds. The van der Waals surface area contributed by atoms with E-state index < -0.39 is 6.03 Å². The van der Waals surface area contributed by atoms with Crippen LogP contribution in [0.1, 0.15) is 32.7 Å². The van der Waals surface area contributed by atoms with Crippen LogP contribution < -0.4 is 11.1 Å². The molecule has 7 nitrogen and oxygen atoms in total. The van der Waals surface area contributed by atoms with Gasteiger partial charge in [0, 0.05) is 43.7 Å². The van der Waals surface area contributed by atoms with Crippen LogP contribution in [0.5, 0.6) is 0 Å². The summed E-state index contributed by atoms with van der Waals surface area (Å²) in [5.74, 6) is -0.0221. The van der Waals surface area contributed by atoms with Gasteiger partial charge in [0.1, 0.15) is 0 Å². The molecule has 0 aliphatic carbocycles. The molecular formula is C19H22N4O3S. The fourth-order valence-corrected chi connectivity index (χ4v) is 3.66. The second kappa shape index (κ2) is 8.68. The number of hydrogen-bond acceptors (Lipinski definition) is 4. The Labute approximate surface area is 161 Å². The van der Waals surface area contributed by atoms with E-state index in [-0.39, 0.29) is 11.8 Å². The molecular weight excluding hydrogens is 364 g/mol. The van der Waals surface area contributed by atoms with Crippen molar-refractivity contribution in [1.82, 2.24) is 15.1 Å². The number of carbonyl (C=O) groups is 3. The Morgan fingerprint density at radius 3 is 2.11 bits per heavy atom. The van der Waals surface area contributed by atoms with Crippen LogP contribution in [0.3, 0.4) is 0 Å². The molecule has 0 unspecified atom stereocenters. The molecule has 1 aliphatic rings. The van der Waals surface area contributed by atoms with Crippen LogP contribution >= 0.6 is 11.3 Å². The number of rotatable bonds is 4. The summed E-state index contributed by atoms with van der Waals surface area (Å²) in [5, 5.41) is 6.26. The van der Waals surface area contributed by atoms with Gasteiger partial charge < -0.3 is 20.9 Å². The Kier molecular flexibility index (Phi) is 6.08. The van der Waals surface area contributed by atoms with Gasteiger partial charge in [-0.2, -0.15) is 11.3 Å². The third-order valence-electron chi connectivity index (χ3n) is 4.51. The fourth-order valence-electron chi connectivity index (χ4n) is 3.03. The summed E-state index contributed by atoms with van der Waals surface area (Å²) in [7, 11) is 0. The quantitative estimate of drug-likeness (QED) is 0.840. The van der Waals surface area contributed by atoms with Crippen LogP contribution in [0, 0.1) is 0 Å². The summed E-state index contributed by atoms with van der Waals surface area (Å²) in [4.78, 5) is 39.6. The maximum Gasteiger partial charge on any atom is 0.312 e. The van der Waals surface area contributed by atoms with Gasteiger partial charge in [-0.1, -0.05) is 12.1 Å². The second-order valence-corrected chi connectivity index (χ2v) is 7.14. The van der Waals surface area contributed by atoms with Crippen molar-refractivity contribution >= 4 is 29.2 Å². The maximum absolute atomic E-state index is 12.8. The van der Waals surface area contributed by atoms with Crippen LogP contribution in [-0.4, -0.2) is 53.8 Å². The van der Waals surface area contributed by atoms with Crippen molar-refractivity contribution in [3.63, 3.8) is 0 Å². The molecule has 0 radical (unpaired) electrons. The molecule has 1 aromatic heterocycles. The van der Waals surface area contributed by atoms with Gasteiger partial charge in [-0.05, 0) is 35.6 Å². The number of hydrogen-bond donors (Lipinski definition) is 2. The molecule has 3 rings (SSSR count). The van der Waals surface area contributed by atoms with Crippen molar-refractivity contribution in [3.05, 3.63) is 57.8 Å². The zero-order chi connectivity index (χ0) is 19.2. The average molecular weight is 386 g/mol. The molecule has 8 heteroatoms. The third kappa shape index (κ3) is 4.85. The SMILES string of the molecule is NC(=O)NCc1ccc(C(=O)N2CCCN(C(=O)c3ccsc3)CC2)cc1. The maximum atomic E-state index is 12.8. The second-order valence-electron chi connectivity index (χ2n) is 6.36. The van der Waals surface area contributed by atoms with Gasteiger partial charge in [0.15, 0.2) is 0 Å². The highest BCUT2D eigenvalue weighted by Gasteiger charge is 2.23. The number of nitrogens with one attached hydrogen (secondary N) is 1. The van der Waals surface area contributed by atoms with Gasteiger partial charge in [0.05, 0.1) is 5.56 Å². The lowest BCUT2D eigenvalue weighted by molar-refractivity contribution is 0.0719. The molecule has 27 heavy (non-hydrogen) atoms. The molecule has 0 spiro atoms. The van der Waals surface area contributed by atoms with E-state index >= 15 is 0 Å². The molecule has 0 atom stereocenters. The lowest BCUT2D eigenvalue weighted by Gasteiger charge is -2.22. The van der Waals surface area contributed by atoms with Gasteiger partial charge in [-0.3, -0.25) is 9.59 Å². The molecule has 1 saturated heterocycles. The zero-order valence-electron chi connectivity index (χ0n) is 14.9. The van der Waals surface area contributed by atoms with Crippen LogP contribution in [0.15, 0.2) is 41.1 Å². The Hall–Kier alpha value is -2.87. The summed E-state index contributed by atoms with van der Waals surface area (Å²) in [6, 6.07) is 8.34. The van der Waals surface area contributed by atoms with Gasteiger partial charge >= 0.3 is 6.03 Å². The smallest absolute Gasteiger partial charge is 0.312 e. The molecule has 142 valence electrons. The summed E-state index contributed by atoms with van der Waals surface area (Å²) in [5.41, 5.74) is 7.23. The van der Waals surface area contributed by atoms with E-state index in [1.165, 1.54) is 11.3 Å². The number of amides is 4.